The molecule has 0 unspecified atom stereocenters. The van der Waals surface area contributed by atoms with Gasteiger partial charge in [-0.15, -0.1) is 0 Å². The van der Waals surface area contributed by atoms with Gasteiger partial charge in [-0.2, -0.15) is 5.10 Å². The molecule has 0 bridgehead atoms. The number of anilines is 1. The maximum atomic E-state index is 14.6. The third-order valence-electron chi connectivity index (χ3n) is 6.93. The van der Waals surface area contributed by atoms with Crippen LogP contribution in [0.4, 0.5) is 10.1 Å². The second-order valence-corrected chi connectivity index (χ2v) is 9.65. The summed E-state index contributed by atoms with van der Waals surface area (Å²) in [4.78, 5) is 29.3. The predicted molar refractivity (Wildman–Crippen MR) is 156 cm³/mol. The van der Waals surface area contributed by atoms with Crippen LogP contribution in [-0.4, -0.2) is 36.0 Å². The quantitative estimate of drug-likeness (QED) is 0.222. The first-order valence-corrected chi connectivity index (χ1v) is 13.0. The van der Waals surface area contributed by atoms with Crippen LogP contribution in [0.15, 0.2) is 104 Å². The highest BCUT2D eigenvalue weighted by Crippen LogP contribution is 2.35. The van der Waals surface area contributed by atoms with Crippen molar-refractivity contribution in [1.29, 1.82) is 0 Å². The molecule has 9 heteroatoms. The largest absolute Gasteiger partial charge is 0.338 e. The highest BCUT2D eigenvalue weighted by Gasteiger charge is 2.17. The molecule has 3 N–H and O–H groups in total. The average molecular weight is 540 g/mol. The van der Waals surface area contributed by atoms with Gasteiger partial charge in [0.05, 0.1) is 24.0 Å². The summed E-state index contributed by atoms with van der Waals surface area (Å²) in [6.07, 6.45) is 7.01. The van der Waals surface area contributed by atoms with E-state index in [1.165, 1.54) is 6.07 Å². The molecule has 2 aromatic carbocycles. The number of fused-ring (bicyclic) bond motifs is 2. The highest BCUT2D eigenvalue weighted by molar-refractivity contribution is 6.00. The fourth-order valence-electron chi connectivity index (χ4n) is 4.99. The van der Waals surface area contributed by atoms with E-state index in [4.69, 9.17) is 0 Å². The van der Waals surface area contributed by atoms with Crippen molar-refractivity contribution in [2.75, 3.05) is 5.32 Å². The summed E-state index contributed by atoms with van der Waals surface area (Å²) < 4.78 is 14.6. The third kappa shape index (κ3) is 4.70. The summed E-state index contributed by atoms with van der Waals surface area (Å²) in [6, 6.07) is 23.8. The number of hydrogen-bond donors (Lipinski definition) is 3. The molecule has 0 saturated carbocycles. The number of amides is 1. The van der Waals surface area contributed by atoms with Gasteiger partial charge in [0.1, 0.15) is 17.2 Å². The maximum Gasteiger partial charge on any atom is 0.228 e. The number of carbonyl (C=O) groups is 1. The Labute approximate surface area is 233 Å². The number of carbonyl (C=O) groups excluding carboxylic acids is 1. The fraction of sp³-hybridized carbons (Fsp3) is 0.0312. The Balaban J connectivity index is 1.22. The Morgan fingerprint density at radius 2 is 1.63 bits per heavy atom. The second kappa shape index (κ2) is 10.1. The minimum atomic E-state index is -0.297. The molecule has 8 nitrogen and oxygen atoms in total. The number of aromatic nitrogens is 6. The predicted octanol–water partition coefficient (Wildman–Crippen LogP) is 6.55. The number of nitrogens with zero attached hydrogens (tertiary/aromatic N) is 4. The van der Waals surface area contributed by atoms with Gasteiger partial charge in [-0.05, 0) is 41.5 Å². The minimum absolute atomic E-state index is 0.122. The zero-order valence-corrected chi connectivity index (χ0v) is 21.6. The molecule has 0 fully saturated rings. The van der Waals surface area contributed by atoms with E-state index in [0.29, 0.717) is 28.2 Å². The third-order valence-corrected chi connectivity index (χ3v) is 6.93. The Bertz CT molecular complexity index is 2050. The lowest BCUT2D eigenvalue weighted by Gasteiger charge is -2.07. The molecule has 7 aromatic rings. The van der Waals surface area contributed by atoms with Crippen molar-refractivity contribution >= 4 is 33.7 Å². The molecule has 41 heavy (non-hydrogen) atoms. The minimum Gasteiger partial charge on any atom is -0.338 e. The monoisotopic (exact) mass is 539 g/mol. The normalized spacial score (nSPS) is 11.2. The molecular weight excluding hydrogens is 517 g/mol. The van der Waals surface area contributed by atoms with Gasteiger partial charge in [-0.1, -0.05) is 48.5 Å². The lowest BCUT2D eigenvalue weighted by Crippen LogP contribution is -2.14. The molecule has 7 rings (SSSR count). The average Bonchev–Trinajstić information content (AvgIpc) is 3.62. The van der Waals surface area contributed by atoms with Crippen LogP contribution in [0.5, 0.6) is 0 Å². The number of pyridine rings is 3. The second-order valence-electron chi connectivity index (χ2n) is 9.65. The number of benzene rings is 2. The van der Waals surface area contributed by atoms with E-state index in [2.05, 4.69) is 35.5 Å². The first-order valence-electron chi connectivity index (χ1n) is 13.0. The van der Waals surface area contributed by atoms with Gasteiger partial charge < -0.3 is 10.3 Å². The molecule has 1 amide bonds. The summed E-state index contributed by atoms with van der Waals surface area (Å²) in [5, 5.41) is 12.0. The van der Waals surface area contributed by atoms with E-state index in [-0.39, 0.29) is 18.1 Å². The smallest absolute Gasteiger partial charge is 0.228 e. The molecule has 5 heterocycles. The van der Waals surface area contributed by atoms with Crippen molar-refractivity contribution in [2.24, 2.45) is 0 Å². The summed E-state index contributed by atoms with van der Waals surface area (Å²) in [5.74, 6) is -0.420. The number of H-pyrrole nitrogens is 2. The zero-order valence-electron chi connectivity index (χ0n) is 21.6. The zero-order chi connectivity index (χ0) is 27.8. The Kier molecular flexibility index (Phi) is 6.01. The van der Waals surface area contributed by atoms with E-state index in [1.54, 1.807) is 43.0 Å². The first-order chi connectivity index (χ1) is 20.1. The van der Waals surface area contributed by atoms with Gasteiger partial charge in [-0.25, -0.2) is 14.4 Å². The SMILES string of the molecule is O=C(Cc1ccccc1)Nc1cncc(-c2cnc3[nH]nc(-c4cc5c(-c6ccccc6F)ccnc5[nH]4)c3c2)c1. The van der Waals surface area contributed by atoms with Gasteiger partial charge in [0.2, 0.25) is 5.91 Å². The van der Waals surface area contributed by atoms with Gasteiger partial charge in [0.15, 0.2) is 5.65 Å². The molecule has 5 aromatic heterocycles. The molecular formula is C32H22FN7O. The fourth-order valence-corrected chi connectivity index (χ4v) is 4.99. The Hall–Kier alpha value is -5.70. The lowest BCUT2D eigenvalue weighted by atomic mass is 10.0. The highest BCUT2D eigenvalue weighted by atomic mass is 19.1. The molecule has 0 saturated heterocycles. The van der Waals surface area contributed by atoms with E-state index >= 15 is 0 Å². The maximum absolute atomic E-state index is 14.6. The van der Waals surface area contributed by atoms with Crippen LogP contribution in [0.2, 0.25) is 0 Å². The van der Waals surface area contributed by atoms with Crippen LogP contribution >= 0.6 is 0 Å². The van der Waals surface area contributed by atoms with Crippen LogP contribution in [0, 0.1) is 5.82 Å². The summed E-state index contributed by atoms with van der Waals surface area (Å²) in [5.41, 5.74) is 7.01. The summed E-state index contributed by atoms with van der Waals surface area (Å²) in [7, 11) is 0. The summed E-state index contributed by atoms with van der Waals surface area (Å²) in [6.45, 7) is 0. The van der Waals surface area contributed by atoms with Crippen molar-refractivity contribution in [1.82, 2.24) is 30.1 Å². The topological polar surface area (TPSA) is 112 Å². The van der Waals surface area contributed by atoms with Crippen molar-refractivity contribution in [3.8, 4) is 33.6 Å². The van der Waals surface area contributed by atoms with Crippen molar-refractivity contribution in [2.45, 2.75) is 6.42 Å². The first kappa shape index (κ1) is 24.3. The van der Waals surface area contributed by atoms with Gasteiger partial charge in [-0.3, -0.25) is 14.9 Å². The summed E-state index contributed by atoms with van der Waals surface area (Å²) >= 11 is 0. The molecule has 0 atom stereocenters. The van der Waals surface area contributed by atoms with Gasteiger partial charge >= 0.3 is 0 Å². The Morgan fingerprint density at radius 1 is 0.805 bits per heavy atom. The van der Waals surface area contributed by atoms with E-state index in [9.17, 15) is 9.18 Å². The number of hydrogen-bond acceptors (Lipinski definition) is 5. The molecule has 198 valence electrons. The molecule has 0 radical (unpaired) electrons. The van der Waals surface area contributed by atoms with E-state index < -0.39 is 0 Å². The van der Waals surface area contributed by atoms with Crippen molar-refractivity contribution in [3.05, 3.63) is 115 Å². The van der Waals surface area contributed by atoms with E-state index in [0.717, 1.165) is 38.7 Å². The van der Waals surface area contributed by atoms with Crippen LogP contribution < -0.4 is 5.32 Å². The van der Waals surface area contributed by atoms with Gasteiger partial charge in [0.25, 0.3) is 0 Å². The standard InChI is InChI=1S/C32H22FN7O/c33-27-9-5-4-8-24(27)23-10-11-35-31-25(23)15-28(38-31)30-26-14-21(17-36-32(26)40-39-30)20-13-22(18-34-16-20)37-29(41)12-19-6-2-1-3-7-19/h1-11,13-18H,12H2,(H,35,38)(H,37,41)(H,36,39,40). The van der Waals surface area contributed by atoms with Crippen LogP contribution in [0.1, 0.15) is 5.56 Å². The number of rotatable bonds is 6. The number of aromatic amines is 2. The van der Waals surface area contributed by atoms with Crippen molar-refractivity contribution < 1.29 is 9.18 Å². The number of halogens is 1. The van der Waals surface area contributed by atoms with E-state index in [1.807, 2.05) is 54.6 Å². The Morgan fingerprint density at radius 3 is 2.51 bits per heavy atom. The lowest BCUT2D eigenvalue weighted by molar-refractivity contribution is -0.115. The molecule has 0 aliphatic heterocycles. The molecule has 0 aliphatic rings. The van der Waals surface area contributed by atoms with Crippen LogP contribution in [0.3, 0.4) is 0 Å². The van der Waals surface area contributed by atoms with Crippen LogP contribution in [-0.2, 0) is 11.2 Å². The van der Waals surface area contributed by atoms with Crippen LogP contribution in [0.25, 0.3) is 55.7 Å². The molecule has 0 spiro atoms. The number of nitrogens with one attached hydrogen (secondary N) is 3. The van der Waals surface area contributed by atoms with Gasteiger partial charge in [0, 0.05) is 46.1 Å². The van der Waals surface area contributed by atoms with Crippen molar-refractivity contribution in [3.63, 3.8) is 0 Å². The molecule has 0 aliphatic carbocycles.